The topological polar surface area (TPSA) is 172 Å². The molecule has 5 rings (SSSR count). The first-order valence-electron chi connectivity index (χ1n) is 16.3. The van der Waals surface area contributed by atoms with Gasteiger partial charge in [-0.15, -0.1) is 0 Å². The summed E-state index contributed by atoms with van der Waals surface area (Å²) in [4.78, 5) is 27.0. The largest absolute Gasteiger partial charge is 0.506 e. The van der Waals surface area contributed by atoms with E-state index >= 15 is 0 Å². The van der Waals surface area contributed by atoms with Crippen molar-refractivity contribution in [2.75, 3.05) is 51.0 Å². The number of amides is 2. The Kier molecular flexibility index (Phi) is 13.8. The van der Waals surface area contributed by atoms with E-state index in [0.29, 0.717) is 69.4 Å². The number of ether oxygens (including phenoxy) is 2. The quantitative estimate of drug-likeness (QED) is 0.112. The van der Waals surface area contributed by atoms with Crippen molar-refractivity contribution in [3.8, 4) is 22.6 Å². The number of nitrogens with zero attached hydrogens (tertiary/aromatic N) is 3. The SMILES string of the molecule is CS(=O)(=O)O.Cn1cc(-c2ccc(CCOCCC(=O)N(CCNCCc3ccc(O)c4c3OCC(=O)N4)C3CCCCC3)cc2)cn1. The molecule has 48 heavy (non-hydrogen) atoms. The van der Waals surface area contributed by atoms with Gasteiger partial charge in [0, 0.05) is 37.9 Å². The van der Waals surface area contributed by atoms with Gasteiger partial charge in [0.1, 0.15) is 11.4 Å². The number of aromatic hydroxyl groups is 1. The van der Waals surface area contributed by atoms with Crippen molar-refractivity contribution in [3.63, 3.8) is 0 Å². The maximum absolute atomic E-state index is 13.3. The van der Waals surface area contributed by atoms with E-state index in [1.54, 1.807) is 10.7 Å². The third-order valence-corrected chi connectivity index (χ3v) is 8.25. The molecular weight excluding hydrogens is 638 g/mol. The number of aryl methyl sites for hydroxylation is 1. The molecule has 14 heteroatoms. The average Bonchev–Trinajstić information content (AvgIpc) is 3.49. The number of phenols is 1. The van der Waals surface area contributed by atoms with Crippen molar-refractivity contribution >= 4 is 27.6 Å². The van der Waals surface area contributed by atoms with Crippen LogP contribution in [0.4, 0.5) is 5.69 Å². The maximum atomic E-state index is 13.3. The molecule has 3 aromatic rings. The Hall–Kier alpha value is -3.98. The van der Waals surface area contributed by atoms with Gasteiger partial charge in [-0.2, -0.15) is 13.5 Å². The number of hydrogen-bond donors (Lipinski definition) is 4. The minimum Gasteiger partial charge on any atom is -0.506 e. The predicted molar refractivity (Wildman–Crippen MR) is 183 cm³/mol. The van der Waals surface area contributed by atoms with Crippen LogP contribution in [0.25, 0.3) is 11.1 Å². The summed E-state index contributed by atoms with van der Waals surface area (Å²) in [6.45, 7) is 2.99. The lowest BCUT2D eigenvalue weighted by atomic mass is 9.94. The van der Waals surface area contributed by atoms with E-state index in [0.717, 1.165) is 36.0 Å². The minimum atomic E-state index is -3.67. The van der Waals surface area contributed by atoms with Crippen LogP contribution in [0.2, 0.25) is 0 Å². The van der Waals surface area contributed by atoms with Gasteiger partial charge in [-0.05, 0) is 55.0 Å². The van der Waals surface area contributed by atoms with E-state index < -0.39 is 10.1 Å². The highest BCUT2D eigenvalue weighted by Gasteiger charge is 2.25. The summed E-state index contributed by atoms with van der Waals surface area (Å²) >= 11 is 0. The number of aromatic nitrogens is 2. The summed E-state index contributed by atoms with van der Waals surface area (Å²) < 4.78 is 39.1. The van der Waals surface area contributed by atoms with E-state index in [1.165, 1.54) is 24.8 Å². The maximum Gasteiger partial charge on any atom is 0.262 e. The summed E-state index contributed by atoms with van der Waals surface area (Å²) in [5.41, 5.74) is 4.70. The van der Waals surface area contributed by atoms with Crippen LogP contribution < -0.4 is 15.4 Å². The number of fused-ring (bicyclic) bond motifs is 1. The lowest BCUT2D eigenvalue weighted by molar-refractivity contribution is -0.135. The van der Waals surface area contributed by atoms with E-state index in [2.05, 4.69) is 44.9 Å². The number of nitrogens with one attached hydrogen (secondary N) is 2. The Morgan fingerprint density at radius 1 is 1.08 bits per heavy atom. The first-order chi connectivity index (χ1) is 23.0. The fourth-order valence-electron chi connectivity index (χ4n) is 5.89. The standard InChI is InChI=1S/C33H43N5O5.CH4O3S/c1-37-22-27(21-35-37)25-9-7-24(8-10-25)14-19-42-20-15-31(41)38(28-5-3-2-4-6-28)18-17-34-16-13-26-11-12-29(39)32-33(26)43-23-30(40)36-32;1-5(2,3)4/h7-12,21-22,28,34,39H,2-6,13-20,23H2,1H3,(H,36,40);1H3,(H,2,3,4). The molecule has 2 amide bonds. The Morgan fingerprint density at radius 3 is 2.50 bits per heavy atom. The van der Waals surface area contributed by atoms with Gasteiger partial charge >= 0.3 is 0 Å². The molecule has 2 aromatic carbocycles. The molecular formula is C34H47N5O8S. The molecule has 0 radical (unpaired) electrons. The molecule has 2 aliphatic rings. The van der Waals surface area contributed by atoms with Crippen molar-refractivity contribution < 1.29 is 37.1 Å². The molecule has 1 aliphatic heterocycles. The highest BCUT2D eigenvalue weighted by Crippen LogP contribution is 2.39. The minimum absolute atomic E-state index is 0.000764. The second-order valence-corrected chi connectivity index (χ2v) is 13.6. The molecule has 1 fully saturated rings. The fraction of sp³-hybridized carbons (Fsp3) is 0.500. The number of benzene rings is 2. The molecule has 4 N–H and O–H groups in total. The molecule has 1 aromatic heterocycles. The monoisotopic (exact) mass is 685 g/mol. The Balaban J connectivity index is 0.000000968. The van der Waals surface area contributed by atoms with E-state index in [9.17, 15) is 23.1 Å². The van der Waals surface area contributed by atoms with Crippen molar-refractivity contribution in [1.82, 2.24) is 20.0 Å². The van der Waals surface area contributed by atoms with Crippen LogP contribution in [-0.4, -0.2) is 96.3 Å². The molecule has 1 aliphatic carbocycles. The molecule has 2 heterocycles. The number of rotatable bonds is 14. The summed E-state index contributed by atoms with van der Waals surface area (Å²) in [5, 5.41) is 20.5. The smallest absolute Gasteiger partial charge is 0.262 e. The summed E-state index contributed by atoms with van der Waals surface area (Å²) in [6.07, 6.45) is 12.1. The van der Waals surface area contributed by atoms with Crippen LogP contribution in [0.3, 0.4) is 0 Å². The zero-order valence-corrected chi connectivity index (χ0v) is 28.5. The third-order valence-electron chi connectivity index (χ3n) is 8.25. The molecule has 0 spiro atoms. The van der Waals surface area contributed by atoms with Crippen LogP contribution in [0.15, 0.2) is 48.8 Å². The van der Waals surface area contributed by atoms with Crippen LogP contribution in [0.1, 0.15) is 49.7 Å². The van der Waals surface area contributed by atoms with Crippen LogP contribution in [0.5, 0.6) is 11.5 Å². The van der Waals surface area contributed by atoms with E-state index in [-0.39, 0.29) is 24.2 Å². The normalized spacial score (nSPS) is 14.7. The fourth-order valence-corrected chi connectivity index (χ4v) is 5.89. The van der Waals surface area contributed by atoms with Crippen LogP contribution in [-0.2, 0) is 44.3 Å². The lowest BCUT2D eigenvalue weighted by Crippen LogP contribution is -2.45. The molecule has 13 nitrogen and oxygen atoms in total. The van der Waals surface area contributed by atoms with Gasteiger partial charge in [0.05, 0.1) is 32.1 Å². The molecule has 0 atom stereocenters. The number of anilines is 1. The molecule has 0 bridgehead atoms. The second kappa shape index (κ2) is 18.0. The Morgan fingerprint density at radius 2 is 1.81 bits per heavy atom. The molecule has 0 saturated heterocycles. The summed E-state index contributed by atoms with van der Waals surface area (Å²) in [6, 6.07) is 12.2. The summed E-state index contributed by atoms with van der Waals surface area (Å²) in [5.74, 6) is 0.414. The van der Waals surface area contributed by atoms with Gasteiger partial charge in [-0.3, -0.25) is 18.8 Å². The predicted octanol–water partition coefficient (Wildman–Crippen LogP) is 3.57. The number of carbonyl (C=O) groups is 2. The van der Waals surface area contributed by atoms with E-state index in [4.69, 9.17) is 14.0 Å². The van der Waals surface area contributed by atoms with Gasteiger partial charge in [0.15, 0.2) is 12.4 Å². The zero-order chi connectivity index (χ0) is 34.5. The van der Waals surface area contributed by atoms with Crippen LogP contribution >= 0.6 is 0 Å². The number of hydrogen-bond acceptors (Lipinski definition) is 9. The van der Waals surface area contributed by atoms with Gasteiger partial charge in [-0.1, -0.05) is 49.6 Å². The average molecular weight is 686 g/mol. The number of phenolic OH excluding ortho intramolecular Hbond substituents is 1. The molecule has 0 unspecified atom stereocenters. The van der Waals surface area contributed by atoms with Crippen molar-refractivity contribution in [3.05, 3.63) is 59.9 Å². The van der Waals surface area contributed by atoms with Crippen molar-refractivity contribution in [1.29, 1.82) is 0 Å². The second-order valence-electron chi connectivity index (χ2n) is 12.1. The van der Waals surface area contributed by atoms with Gasteiger partial charge in [0.25, 0.3) is 16.0 Å². The Bertz CT molecular complexity index is 1600. The van der Waals surface area contributed by atoms with Gasteiger partial charge in [-0.25, -0.2) is 0 Å². The molecule has 1 saturated carbocycles. The van der Waals surface area contributed by atoms with Crippen molar-refractivity contribution in [2.45, 2.75) is 57.4 Å². The Labute approximate surface area is 282 Å². The zero-order valence-electron chi connectivity index (χ0n) is 27.7. The van der Waals surface area contributed by atoms with E-state index in [1.807, 2.05) is 25.5 Å². The first kappa shape index (κ1) is 36.8. The number of carbonyl (C=O) groups excluding carboxylic acids is 2. The van der Waals surface area contributed by atoms with Crippen molar-refractivity contribution in [2.24, 2.45) is 7.05 Å². The highest BCUT2D eigenvalue weighted by molar-refractivity contribution is 7.85. The first-order valence-corrected chi connectivity index (χ1v) is 18.2. The van der Waals surface area contributed by atoms with Gasteiger partial charge in [0.2, 0.25) is 5.91 Å². The molecule has 262 valence electrons. The third kappa shape index (κ3) is 11.9. The lowest BCUT2D eigenvalue weighted by Gasteiger charge is -2.34. The van der Waals surface area contributed by atoms with Crippen LogP contribution in [0, 0.1) is 0 Å². The van der Waals surface area contributed by atoms with Gasteiger partial charge < -0.3 is 30.1 Å². The summed E-state index contributed by atoms with van der Waals surface area (Å²) in [7, 11) is -1.75. The highest BCUT2D eigenvalue weighted by atomic mass is 32.2.